The SMILES string of the molecule is O=C(NCCCC(=O)N(CCCN1CCOCC1)Cc1ccncc1)c1ccc(F)cc1. The number of hydrogen-bond donors (Lipinski definition) is 1. The minimum atomic E-state index is -0.380. The second kappa shape index (κ2) is 12.9. The fourth-order valence-electron chi connectivity index (χ4n) is 3.61. The van der Waals surface area contributed by atoms with Gasteiger partial charge in [0.05, 0.1) is 13.2 Å². The van der Waals surface area contributed by atoms with Crippen LogP contribution in [0, 0.1) is 5.82 Å². The van der Waals surface area contributed by atoms with Crippen LogP contribution >= 0.6 is 0 Å². The Morgan fingerprint density at radius 1 is 1.06 bits per heavy atom. The Morgan fingerprint density at radius 2 is 1.78 bits per heavy atom. The summed E-state index contributed by atoms with van der Waals surface area (Å²) in [6.07, 6.45) is 5.26. The van der Waals surface area contributed by atoms with Gasteiger partial charge in [0.25, 0.3) is 5.91 Å². The quantitative estimate of drug-likeness (QED) is 0.541. The second-order valence-electron chi connectivity index (χ2n) is 7.84. The summed E-state index contributed by atoms with van der Waals surface area (Å²) in [4.78, 5) is 33.3. The average Bonchev–Trinajstić information content (AvgIpc) is 2.82. The van der Waals surface area contributed by atoms with Crippen LogP contribution in [0.5, 0.6) is 0 Å². The minimum absolute atomic E-state index is 0.0693. The van der Waals surface area contributed by atoms with Crippen LogP contribution in [0.4, 0.5) is 4.39 Å². The Bertz CT molecular complexity index is 842. The maximum Gasteiger partial charge on any atom is 0.251 e. The highest BCUT2D eigenvalue weighted by Crippen LogP contribution is 2.09. The molecule has 0 spiro atoms. The van der Waals surface area contributed by atoms with Crippen molar-refractivity contribution < 1.29 is 18.7 Å². The number of pyridine rings is 1. The molecule has 2 amide bonds. The summed E-state index contributed by atoms with van der Waals surface area (Å²) in [6.45, 7) is 5.97. The maximum atomic E-state index is 13.0. The highest BCUT2D eigenvalue weighted by molar-refractivity contribution is 5.94. The molecule has 0 bridgehead atoms. The predicted molar refractivity (Wildman–Crippen MR) is 119 cm³/mol. The van der Waals surface area contributed by atoms with Crippen molar-refractivity contribution in [2.45, 2.75) is 25.8 Å². The molecule has 1 aliphatic rings. The van der Waals surface area contributed by atoms with Crippen LogP contribution in [0.2, 0.25) is 0 Å². The lowest BCUT2D eigenvalue weighted by Crippen LogP contribution is -2.39. The predicted octanol–water partition coefficient (Wildman–Crippen LogP) is 2.48. The highest BCUT2D eigenvalue weighted by Gasteiger charge is 2.16. The zero-order chi connectivity index (χ0) is 22.6. The van der Waals surface area contributed by atoms with Gasteiger partial charge in [-0.1, -0.05) is 0 Å². The van der Waals surface area contributed by atoms with Crippen LogP contribution in [0.3, 0.4) is 0 Å². The summed E-state index contributed by atoms with van der Waals surface area (Å²) in [6, 6.07) is 9.25. The van der Waals surface area contributed by atoms with Crippen molar-refractivity contribution in [2.75, 3.05) is 45.9 Å². The van der Waals surface area contributed by atoms with Crippen molar-refractivity contribution in [3.05, 3.63) is 65.7 Å². The lowest BCUT2D eigenvalue weighted by Gasteiger charge is -2.28. The number of nitrogens with zero attached hydrogens (tertiary/aromatic N) is 3. The maximum absolute atomic E-state index is 13.0. The van der Waals surface area contributed by atoms with Crippen LogP contribution in [-0.4, -0.2) is 72.5 Å². The van der Waals surface area contributed by atoms with Gasteiger partial charge < -0.3 is 15.0 Å². The van der Waals surface area contributed by atoms with Gasteiger partial charge in [0.15, 0.2) is 0 Å². The van der Waals surface area contributed by atoms with Crippen LogP contribution < -0.4 is 5.32 Å². The van der Waals surface area contributed by atoms with E-state index in [1.807, 2.05) is 17.0 Å². The first-order chi connectivity index (χ1) is 15.6. The standard InChI is InChI=1S/C24H31FN4O3/c25-22-6-4-21(5-7-22)24(31)27-10-1-3-23(30)29(19-20-8-11-26-12-9-20)14-2-13-28-15-17-32-18-16-28/h4-9,11-12H,1-3,10,13-19H2,(H,27,31). The number of ether oxygens (including phenoxy) is 1. The molecule has 0 aliphatic carbocycles. The smallest absolute Gasteiger partial charge is 0.251 e. The van der Waals surface area contributed by atoms with Gasteiger partial charge in [-0.15, -0.1) is 0 Å². The lowest BCUT2D eigenvalue weighted by atomic mass is 10.2. The Morgan fingerprint density at radius 3 is 2.50 bits per heavy atom. The summed E-state index contributed by atoms with van der Waals surface area (Å²) in [5.74, 6) is -0.577. The molecule has 1 saturated heterocycles. The molecule has 0 radical (unpaired) electrons. The van der Waals surface area contributed by atoms with E-state index in [2.05, 4.69) is 15.2 Å². The molecule has 1 aliphatic heterocycles. The molecule has 0 atom stereocenters. The molecule has 32 heavy (non-hydrogen) atoms. The first-order valence-electron chi connectivity index (χ1n) is 11.1. The van der Waals surface area contributed by atoms with Crippen molar-refractivity contribution in [3.8, 4) is 0 Å². The molecule has 1 fully saturated rings. The number of hydrogen-bond acceptors (Lipinski definition) is 5. The molecule has 0 saturated carbocycles. The number of halogens is 1. The highest BCUT2D eigenvalue weighted by atomic mass is 19.1. The third-order valence-corrected chi connectivity index (χ3v) is 5.44. The average molecular weight is 443 g/mol. The lowest BCUT2D eigenvalue weighted by molar-refractivity contribution is -0.132. The van der Waals surface area contributed by atoms with Crippen LogP contribution in [0.25, 0.3) is 0 Å². The summed E-state index contributed by atoms with van der Waals surface area (Å²) < 4.78 is 18.4. The van der Waals surface area contributed by atoms with Gasteiger partial charge in [0.2, 0.25) is 5.91 Å². The minimum Gasteiger partial charge on any atom is -0.379 e. The molecule has 3 rings (SSSR count). The first-order valence-corrected chi connectivity index (χ1v) is 11.1. The molecular formula is C24H31FN4O3. The van der Waals surface area contributed by atoms with Crippen molar-refractivity contribution >= 4 is 11.8 Å². The van der Waals surface area contributed by atoms with Gasteiger partial charge >= 0.3 is 0 Å². The number of carbonyl (C=O) groups excluding carboxylic acids is 2. The molecule has 7 nitrogen and oxygen atoms in total. The van der Waals surface area contributed by atoms with Crippen LogP contribution in [0.15, 0.2) is 48.8 Å². The Kier molecular flexibility index (Phi) is 9.59. The zero-order valence-electron chi connectivity index (χ0n) is 18.3. The molecule has 1 aromatic carbocycles. The van der Waals surface area contributed by atoms with Gasteiger partial charge in [0.1, 0.15) is 5.82 Å². The van der Waals surface area contributed by atoms with Gasteiger partial charge in [-0.2, -0.15) is 0 Å². The topological polar surface area (TPSA) is 74.8 Å². The second-order valence-corrected chi connectivity index (χ2v) is 7.84. The van der Waals surface area contributed by atoms with Gasteiger partial charge in [-0.25, -0.2) is 4.39 Å². The Balaban J connectivity index is 1.44. The van der Waals surface area contributed by atoms with E-state index in [-0.39, 0.29) is 17.6 Å². The molecule has 0 unspecified atom stereocenters. The summed E-state index contributed by atoms with van der Waals surface area (Å²) in [7, 11) is 0. The van der Waals surface area contributed by atoms with Gasteiger partial charge in [0, 0.05) is 63.6 Å². The Hall–Kier alpha value is -2.84. The fourth-order valence-corrected chi connectivity index (χ4v) is 3.61. The number of rotatable bonds is 11. The summed E-state index contributed by atoms with van der Waals surface area (Å²) in [5, 5.41) is 2.79. The van der Waals surface area contributed by atoms with E-state index >= 15 is 0 Å². The Labute approximate surface area is 188 Å². The van der Waals surface area contributed by atoms with Crippen molar-refractivity contribution in [1.29, 1.82) is 0 Å². The summed E-state index contributed by atoms with van der Waals surface area (Å²) in [5.41, 5.74) is 1.45. The number of amides is 2. The molecule has 2 heterocycles. The van der Waals surface area contributed by atoms with E-state index in [0.29, 0.717) is 38.0 Å². The molecule has 1 aromatic heterocycles. The van der Waals surface area contributed by atoms with Gasteiger partial charge in [-0.05, 0) is 54.8 Å². The largest absolute Gasteiger partial charge is 0.379 e. The molecule has 8 heteroatoms. The van der Waals surface area contributed by atoms with Crippen molar-refractivity contribution in [2.24, 2.45) is 0 Å². The van der Waals surface area contributed by atoms with E-state index < -0.39 is 0 Å². The normalized spacial score (nSPS) is 14.2. The van der Waals surface area contributed by atoms with E-state index in [4.69, 9.17) is 4.74 Å². The van der Waals surface area contributed by atoms with Crippen molar-refractivity contribution in [3.63, 3.8) is 0 Å². The summed E-state index contributed by atoms with van der Waals surface area (Å²) >= 11 is 0. The van der Waals surface area contributed by atoms with E-state index in [1.54, 1.807) is 12.4 Å². The molecule has 1 N–H and O–H groups in total. The monoisotopic (exact) mass is 442 g/mol. The third-order valence-electron chi connectivity index (χ3n) is 5.44. The van der Waals surface area contributed by atoms with Crippen LogP contribution in [0.1, 0.15) is 35.2 Å². The molecular weight excluding hydrogens is 411 g/mol. The number of morpholine rings is 1. The number of nitrogens with one attached hydrogen (secondary N) is 1. The molecule has 172 valence electrons. The number of aromatic nitrogens is 1. The van der Waals surface area contributed by atoms with Crippen LogP contribution in [-0.2, 0) is 16.1 Å². The number of carbonyl (C=O) groups is 2. The fraction of sp³-hybridized carbons (Fsp3) is 0.458. The number of benzene rings is 1. The van der Waals surface area contributed by atoms with Gasteiger partial charge in [-0.3, -0.25) is 19.5 Å². The van der Waals surface area contributed by atoms with Crippen molar-refractivity contribution in [1.82, 2.24) is 20.1 Å². The molecule has 2 aromatic rings. The zero-order valence-corrected chi connectivity index (χ0v) is 18.3. The third kappa shape index (κ3) is 8.01. The first kappa shape index (κ1) is 23.8. The van der Waals surface area contributed by atoms with E-state index in [0.717, 1.165) is 44.8 Å². The van der Waals surface area contributed by atoms with E-state index in [1.165, 1.54) is 24.3 Å². The van der Waals surface area contributed by atoms with E-state index in [9.17, 15) is 14.0 Å².